The maximum Gasteiger partial charge on any atom is 0.311 e. The second-order valence-electron chi connectivity index (χ2n) is 8.09. The summed E-state index contributed by atoms with van der Waals surface area (Å²) in [5.41, 5.74) is 1.06. The van der Waals surface area contributed by atoms with Crippen LogP contribution >= 0.6 is 0 Å². The van der Waals surface area contributed by atoms with E-state index in [0.717, 1.165) is 22.4 Å². The van der Waals surface area contributed by atoms with Crippen LogP contribution < -0.4 is 19.7 Å². The molecule has 0 bridgehead atoms. The molecule has 1 unspecified atom stereocenters. The van der Waals surface area contributed by atoms with Crippen molar-refractivity contribution in [1.82, 2.24) is 5.32 Å². The number of methoxy groups -OCH3 is 3. The van der Waals surface area contributed by atoms with Gasteiger partial charge in [0.25, 0.3) is 5.91 Å². The number of rotatable bonds is 8. The second-order valence-corrected chi connectivity index (χ2v) is 8.09. The molecule has 1 aromatic carbocycles. The highest BCUT2D eigenvalue weighted by atomic mass is 16.5. The fourth-order valence-electron chi connectivity index (χ4n) is 3.72. The summed E-state index contributed by atoms with van der Waals surface area (Å²) in [7, 11) is 4.50. The third-order valence-electron chi connectivity index (χ3n) is 6.00. The van der Waals surface area contributed by atoms with Gasteiger partial charge in [-0.05, 0) is 30.5 Å². The van der Waals surface area contributed by atoms with Gasteiger partial charge in [-0.2, -0.15) is 5.26 Å². The third kappa shape index (κ3) is 5.03. The molecular formula is C22H32N3O5+. The van der Waals surface area contributed by atoms with Gasteiger partial charge in [0.05, 0.1) is 33.9 Å². The number of hydrogen-bond donors (Lipinski definition) is 2. The summed E-state index contributed by atoms with van der Waals surface area (Å²) < 4.78 is 15.7. The number of esters is 1. The molecule has 2 rings (SSSR count). The minimum Gasteiger partial charge on any atom is -0.493 e. The smallest absolute Gasteiger partial charge is 0.311 e. The molecule has 0 saturated carbocycles. The van der Waals surface area contributed by atoms with Crippen molar-refractivity contribution in [2.45, 2.75) is 45.2 Å². The van der Waals surface area contributed by atoms with Crippen molar-refractivity contribution in [3.63, 3.8) is 0 Å². The lowest BCUT2D eigenvalue weighted by Crippen LogP contribution is -3.14. The molecule has 0 spiro atoms. The maximum absolute atomic E-state index is 12.8. The van der Waals surface area contributed by atoms with E-state index in [4.69, 9.17) is 14.2 Å². The van der Waals surface area contributed by atoms with Crippen molar-refractivity contribution in [3.05, 3.63) is 23.3 Å². The van der Waals surface area contributed by atoms with E-state index in [2.05, 4.69) is 11.4 Å². The molecule has 1 heterocycles. The largest absolute Gasteiger partial charge is 0.493 e. The van der Waals surface area contributed by atoms with Crippen LogP contribution in [0.25, 0.3) is 0 Å². The fraction of sp³-hybridized carbons (Fsp3) is 0.591. The van der Waals surface area contributed by atoms with Crippen molar-refractivity contribution >= 4 is 11.9 Å². The topological polar surface area (TPSA) is 102 Å². The highest BCUT2D eigenvalue weighted by Crippen LogP contribution is 2.35. The molecule has 2 N–H and O–H groups in total. The summed E-state index contributed by atoms with van der Waals surface area (Å²) in [5.74, 6) is 0.613. The molecule has 3 atom stereocenters. The Labute approximate surface area is 178 Å². The maximum atomic E-state index is 12.8. The molecule has 0 saturated heterocycles. The average Bonchev–Trinajstić information content (AvgIpc) is 2.73. The molecule has 0 aromatic heterocycles. The number of nitrogens with one attached hydrogen (secondary N) is 2. The number of ether oxygens (including phenoxy) is 3. The van der Waals surface area contributed by atoms with Gasteiger partial charge in [-0.25, -0.2) is 0 Å². The van der Waals surface area contributed by atoms with Crippen LogP contribution in [0.15, 0.2) is 12.1 Å². The van der Waals surface area contributed by atoms with Crippen LogP contribution in [0.2, 0.25) is 0 Å². The molecule has 1 aliphatic rings. The van der Waals surface area contributed by atoms with E-state index in [0.29, 0.717) is 18.0 Å². The molecule has 1 amide bonds. The Morgan fingerprint density at radius 2 is 1.90 bits per heavy atom. The molecular weight excluding hydrogens is 386 g/mol. The van der Waals surface area contributed by atoms with E-state index >= 15 is 0 Å². The van der Waals surface area contributed by atoms with Gasteiger partial charge in [-0.3, -0.25) is 9.59 Å². The van der Waals surface area contributed by atoms with Crippen molar-refractivity contribution < 1.29 is 28.7 Å². The average molecular weight is 419 g/mol. The summed E-state index contributed by atoms with van der Waals surface area (Å²) in [5, 5.41) is 12.4. The number of nitriles is 1. The lowest BCUT2D eigenvalue weighted by molar-refractivity contribution is -0.925. The predicted molar refractivity (Wildman–Crippen MR) is 110 cm³/mol. The molecule has 1 aromatic rings. The molecule has 0 fully saturated rings. The van der Waals surface area contributed by atoms with Gasteiger partial charge in [0.1, 0.15) is 18.0 Å². The van der Waals surface area contributed by atoms with Crippen LogP contribution in [0.1, 0.15) is 44.4 Å². The number of quaternary nitrogens is 1. The molecule has 1 aliphatic heterocycles. The summed E-state index contributed by atoms with van der Waals surface area (Å²) in [6.07, 6.45) is 0.872. The summed E-state index contributed by atoms with van der Waals surface area (Å²) in [4.78, 5) is 25.9. The zero-order valence-electron chi connectivity index (χ0n) is 18.6. The van der Waals surface area contributed by atoms with Gasteiger partial charge in [-0.1, -0.05) is 13.8 Å². The Kier molecular flexibility index (Phi) is 7.68. The first-order valence-electron chi connectivity index (χ1n) is 10.1. The fourth-order valence-corrected chi connectivity index (χ4v) is 3.72. The van der Waals surface area contributed by atoms with Crippen molar-refractivity contribution in [2.75, 3.05) is 34.4 Å². The third-order valence-corrected chi connectivity index (χ3v) is 6.00. The van der Waals surface area contributed by atoms with E-state index < -0.39 is 5.54 Å². The molecule has 0 radical (unpaired) electrons. The van der Waals surface area contributed by atoms with E-state index in [-0.39, 0.29) is 36.8 Å². The van der Waals surface area contributed by atoms with Gasteiger partial charge in [0.15, 0.2) is 18.0 Å². The highest BCUT2D eigenvalue weighted by molar-refractivity contribution is 5.78. The minimum atomic E-state index is -0.946. The first kappa shape index (κ1) is 23.5. The minimum absolute atomic E-state index is 0.0360. The van der Waals surface area contributed by atoms with Gasteiger partial charge >= 0.3 is 5.97 Å². The Hall–Kier alpha value is -2.79. The number of carbonyl (C=O) groups is 2. The quantitative estimate of drug-likeness (QED) is 0.606. The van der Waals surface area contributed by atoms with E-state index in [9.17, 15) is 14.9 Å². The molecule has 164 valence electrons. The van der Waals surface area contributed by atoms with E-state index in [1.165, 1.54) is 7.11 Å². The molecule has 0 aliphatic carbocycles. The molecule has 8 nitrogen and oxygen atoms in total. The van der Waals surface area contributed by atoms with Gasteiger partial charge in [0.2, 0.25) is 0 Å². The normalized spacial score (nSPS) is 19.8. The Bertz CT molecular complexity index is 833. The predicted octanol–water partition coefficient (Wildman–Crippen LogP) is 0.803. The first-order valence-corrected chi connectivity index (χ1v) is 10.1. The van der Waals surface area contributed by atoms with Crippen LogP contribution in [0.4, 0.5) is 0 Å². The van der Waals surface area contributed by atoms with Crippen LogP contribution in [0.3, 0.4) is 0 Å². The molecule has 30 heavy (non-hydrogen) atoms. The van der Waals surface area contributed by atoms with Crippen LogP contribution in [0.5, 0.6) is 11.5 Å². The van der Waals surface area contributed by atoms with Crippen LogP contribution in [-0.4, -0.2) is 51.8 Å². The number of nitrogens with zero attached hydrogens (tertiary/aromatic N) is 1. The zero-order valence-corrected chi connectivity index (χ0v) is 18.6. The van der Waals surface area contributed by atoms with Crippen molar-refractivity contribution in [2.24, 2.45) is 5.92 Å². The Morgan fingerprint density at radius 3 is 2.43 bits per heavy atom. The number of carbonyl (C=O) groups excluding carboxylic acids is 2. The monoisotopic (exact) mass is 418 g/mol. The number of hydrogen-bond acceptors (Lipinski definition) is 6. The lowest BCUT2D eigenvalue weighted by atomic mass is 9.89. The standard InChI is InChI=1S/C22H31N3O5/c1-14(2)22(3,13-23)24-20(26)12-25-8-7-15-9-18(28-4)19(29-5)10-16(15)17(25)11-21(27)30-6/h9-10,14,17H,7-8,11-12H2,1-6H3,(H,24,26)/p+1/t17-,22-/m0/s1. The Morgan fingerprint density at radius 1 is 1.27 bits per heavy atom. The Balaban J connectivity index is 2.33. The summed E-state index contributed by atoms with van der Waals surface area (Å²) in [6, 6.07) is 5.74. The van der Waals surface area contributed by atoms with Gasteiger partial charge in [0, 0.05) is 12.0 Å². The summed E-state index contributed by atoms with van der Waals surface area (Å²) in [6.45, 7) is 6.34. The van der Waals surface area contributed by atoms with Gasteiger partial charge < -0.3 is 24.4 Å². The molecule has 8 heteroatoms. The van der Waals surface area contributed by atoms with Crippen molar-refractivity contribution in [1.29, 1.82) is 5.26 Å². The number of benzene rings is 1. The summed E-state index contributed by atoms with van der Waals surface area (Å²) >= 11 is 0. The lowest BCUT2D eigenvalue weighted by Gasteiger charge is -2.35. The highest BCUT2D eigenvalue weighted by Gasteiger charge is 2.37. The SMILES string of the molecule is COC(=O)C[C@H]1c2cc(OC)c(OC)cc2CC[NH+]1CC(=O)N[C@@](C)(C#N)C(C)C. The first-order chi connectivity index (χ1) is 14.2. The number of amides is 1. The number of fused-ring (bicyclic) bond motifs is 1. The van der Waals surface area contributed by atoms with Crippen molar-refractivity contribution in [3.8, 4) is 17.6 Å². The van der Waals surface area contributed by atoms with Crippen LogP contribution in [-0.2, 0) is 20.7 Å². The van der Waals surface area contributed by atoms with E-state index in [1.807, 2.05) is 26.0 Å². The second kappa shape index (κ2) is 9.81. The van der Waals surface area contributed by atoms with Crippen LogP contribution in [0, 0.1) is 17.2 Å². The van der Waals surface area contributed by atoms with Gasteiger partial charge in [-0.15, -0.1) is 0 Å². The van der Waals surface area contributed by atoms with E-state index in [1.54, 1.807) is 21.1 Å². The zero-order chi connectivity index (χ0) is 22.5.